The van der Waals surface area contributed by atoms with Crippen molar-refractivity contribution in [2.24, 2.45) is 5.92 Å². The molecular formula is C10H22N2O3S. The van der Waals surface area contributed by atoms with Gasteiger partial charge in [-0.25, -0.2) is 13.1 Å². The molecule has 1 heterocycles. The van der Waals surface area contributed by atoms with Crippen LogP contribution in [0, 0.1) is 5.92 Å². The molecule has 6 heteroatoms. The number of sulfonamides is 1. The van der Waals surface area contributed by atoms with Gasteiger partial charge in [-0.05, 0) is 39.3 Å². The van der Waals surface area contributed by atoms with Crippen molar-refractivity contribution < 1.29 is 13.2 Å². The van der Waals surface area contributed by atoms with Gasteiger partial charge in [-0.2, -0.15) is 0 Å². The van der Waals surface area contributed by atoms with Crippen molar-refractivity contribution in [2.45, 2.75) is 26.3 Å². The molecule has 0 aliphatic carbocycles. The van der Waals surface area contributed by atoms with Gasteiger partial charge in [-0.15, -0.1) is 0 Å². The standard InChI is InChI=1S/C10H22N2O3S/c1-3-15-6-7-16(13,14)12-9(2)10-4-5-11-8-10/h9-12H,3-8H2,1-2H3. The molecule has 0 bridgehead atoms. The molecule has 96 valence electrons. The number of rotatable bonds is 7. The van der Waals surface area contributed by atoms with Crippen molar-refractivity contribution >= 4 is 10.0 Å². The van der Waals surface area contributed by atoms with E-state index < -0.39 is 10.0 Å². The van der Waals surface area contributed by atoms with Gasteiger partial charge in [0.25, 0.3) is 0 Å². The minimum atomic E-state index is -3.19. The van der Waals surface area contributed by atoms with Crippen LogP contribution in [0.5, 0.6) is 0 Å². The van der Waals surface area contributed by atoms with Crippen LogP contribution in [0.4, 0.5) is 0 Å². The summed E-state index contributed by atoms with van der Waals surface area (Å²) in [6.45, 7) is 6.48. The molecule has 1 aliphatic heterocycles. The smallest absolute Gasteiger partial charge is 0.214 e. The number of ether oxygens (including phenoxy) is 1. The summed E-state index contributed by atoms with van der Waals surface area (Å²) < 4.78 is 31.1. The number of hydrogen-bond donors (Lipinski definition) is 2. The molecular weight excluding hydrogens is 228 g/mol. The molecule has 2 unspecified atom stereocenters. The molecule has 0 radical (unpaired) electrons. The second-order valence-corrected chi connectivity index (χ2v) is 6.05. The molecule has 1 rings (SSSR count). The van der Waals surface area contributed by atoms with Crippen LogP contribution >= 0.6 is 0 Å². The summed E-state index contributed by atoms with van der Waals surface area (Å²) in [5.74, 6) is 0.451. The van der Waals surface area contributed by atoms with Gasteiger partial charge in [-0.3, -0.25) is 0 Å². The minimum absolute atomic E-state index is 0.00151. The summed E-state index contributed by atoms with van der Waals surface area (Å²) in [5.41, 5.74) is 0. The maximum absolute atomic E-state index is 11.7. The first-order chi connectivity index (χ1) is 7.55. The Hall–Kier alpha value is -0.170. The van der Waals surface area contributed by atoms with E-state index in [4.69, 9.17) is 4.74 Å². The highest BCUT2D eigenvalue weighted by Crippen LogP contribution is 2.12. The fraction of sp³-hybridized carbons (Fsp3) is 1.00. The summed E-state index contributed by atoms with van der Waals surface area (Å²) in [7, 11) is -3.19. The lowest BCUT2D eigenvalue weighted by Gasteiger charge is -2.19. The summed E-state index contributed by atoms with van der Waals surface area (Å²) in [5, 5.41) is 3.23. The first-order valence-corrected chi connectivity index (χ1v) is 7.49. The summed E-state index contributed by atoms with van der Waals surface area (Å²) in [6.07, 6.45) is 1.04. The Labute approximate surface area is 98.0 Å². The fourth-order valence-electron chi connectivity index (χ4n) is 1.86. The van der Waals surface area contributed by atoms with Gasteiger partial charge >= 0.3 is 0 Å². The lowest BCUT2D eigenvalue weighted by Crippen LogP contribution is -2.40. The van der Waals surface area contributed by atoms with Crippen molar-refractivity contribution in [1.82, 2.24) is 10.0 Å². The normalized spacial score (nSPS) is 23.5. The van der Waals surface area contributed by atoms with Crippen LogP contribution in [0.25, 0.3) is 0 Å². The highest BCUT2D eigenvalue weighted by Gasteiger charge is 2.24. The van der Waals surface area contributed by atoms with E-state index in [0.29, 0.717) is 12.5 Å². The molecule has 2 atom stereocenters. The first kappa shape index (κ1) is 13.9. The molecule has 0 amide bonds. The van der Waals surface area contributed by atoms with E-state index in [9.17, 15) is 8.42 Å². The second-order valence-electron chi connectivity index (χ2n) is 4.18. The van der Waals surface area contributed by atoms with Crippen molar-refractivity contribution in [3.63, 3.8) is 0 Å². The SMILES string of the molecule is CCOCCS(=O)(=O)NC(C)C1CCNC1. The fourth-order valence-corrected chi connectivity index (χ4v) is 3.07. The molecule has 16 heavy (non-hydrogen) atoms. The van der Waals surface area contributed by atoms with Gasteiger partial charge < -0.3 is 10.1 Å². The van der Waals surface area contributed by atoms with E-state index in [-0.39, 0.29) is 18.4 Å². The van der Waals surface area contributed by atoms with Gasteiger partial charge in [0.15, 0.2) is 0 Å². The lowest BCUT2D eigenvalue weighted by molar-refractivity contribution is 0.163. The molecule has 1 aliphatic rings. The zero-order chi connectivity index (χ0) is 12.0. The van der Waals surface area contributed by atoms with Gasteiger partial charge in [0.05, 0.1) is 12.4 Å². The third-order valence-electron chi connectivity index (χ3n) is 2.87. The van der Waals surface area contributed by atoms with Crippen LogP contribution in [0.15, 0.2) is 0 Å². The maximum atomic E-state index is 11.7. The molecule has 2 N–H and O–H groups in total. The molecule has 1 fully saturated rings. The number of hydrogen-bond acceptors (Lipinski definition) is 4. The predicted molar refractivity (Wildman–Crippen MR) is 63.9 cm³/mol. The van der Waals surface area contributed by atoms with Crippen LogP contribution < -0.4 is 10.0 Å². The van der Waals surface area contributed by atoms with Crippen molar-refractivity contribution in [2.75, 3.05) is 32.1 Å². The average molecular weight is 250 g/mol. The van der Waals surface area contributed by atoms with Gasteiger partial charge in [0.1, 0.15) is 0 Å². The Morgan fingerprint density at radius 3 is 2.88 bits per heavy atom. The highest BCUT2D eigenvalue weighted by atomic mass is 32.2. The van der Waals surface area contributed by atoms with Gasteiger partial charge in [-0.1, -0.05) is 0 Å². The first-order valence-electron chi connectivity index (χ1n) is 5.83. The van der Waals surface area contributed by atoms with Gasteiger partial charge in [0, 0.05) is 12.6 Å². The molecule has 1 saturated heterocycles. The second kappa shape index (κ2) is 6.54. The quantitative estimate of drug-likeness (QED) is 0.621. The van der Waals surface area contributed by atoms with Crippen LogP contribution in [0.1, 0.15) is 20.3 Å². The van der Waals surface area contributed by atoms with Gasteiger partial charge in [0.2, 0.25) is 10.0 Å². The molecule has 0 aromatic carbocycles. The Morgan fingerprint density at radius 1 is 1.56 bits per heavy atom. The Kier molecular flexibility index (Phi) is 5.68. The third kappa shape index (κ3) is 4.78. The van der Waals surface area contributed by atoms with E-state index in [1.54, 1.807) is 0 Å². The van der Waals surface area contributed by atoms with Crippen molar-refractivity contribution in [3.05, 3.63) is 0 Å². The third-order valence-corrected chi connectivity index (χ3v) is 4.31. The largest absolute Gasteiger partial charge is 0.381 e. The Balaban J connectivity index is 2.33. The van der Waals surface area contributed by atoms with Crippen molar-refractivity contribution in [1.29, 1.82) is 0 Å². The minimum Gasteiger partial charge on any atom is -0.381 e. The zero-order valence-corrected chi connectivity index (χ0v) is 10.8. The van der Waals surface area contributed by atoms with Crippen LogP contribution in [-0.2, 0) is 14.8 Å². The molecule has 5 nitrogen and oxygen atoms in total. The zero-order valence-electron chi connectivity index (χ0n) is 10.0. The number of nitrogens with one attached hydrogen (secondary N) is 2. The molecule has 0 aromatic heterocycles. The summed E-state index contributed by atoms with van der Waals surface area (Å²) >= 11 is 0. The Bertz CT molecular complexity index is 286. The predicted octanol–water partition coefficient (Wildman–Crippen LogP) is -0.0597. The van der Waals surface area contributed by atoms with Crippen LogP contribution in [-0.4, -0.2) is 46.5 Å². The molecule has 0 aromatic rings. The van der Waals surface area contributed by atoms with E-state index >= 15 is 0 Å². The van der Waals surface area contributed by atoms with E-state index in [1.165, 1.54) is 0 Å². The van der Waals surface area contributed by atoms with Crippen LogP contribution in [0.3, 0.4) is 0 Å². The summed E-state index contributed by atoms with van der Waals surface area (Å²) in [4.78, 5) is 0. The topological polar surface area (TPSA) is 67.4 Å². The molecule has 0 saturated carbocycles. The van der Waals surface area contributed by atoms with E-state index in [0.717, 1.165) is 19.5 Å². The lowest BCUT2D eigenvalue weighted by atomic mass is 10.0. The van der Waals surface area contributed by atoms with Crippen LogP contribution in [0.2, 0.25) is 0 Å². The van der Waals surface area contributed by atoms with E-state index in [2.05, 4.69) is 10.0 Å². The monoisotopic (exact) mass is 250 g/mol. The highest BCUT2D eigenvalue weighted by molar-refractivity contribution is 7.89. The Morgan fingerprint density at radius 2 is 2.31 bits per heavy atom. The van der Waals surface area contributed by atoms with Crippen molar-refractivity contribution in [3.8, 4) is 0 Å². The molecule has 0 spiro atoms. The maximum Gasteiger partial charge on any atom is 0.214 e. The van der Waals surface area contributed by atoms with E-state index in [1.807, 2.05) is 13.8 Å². The summed E-state index contributed by atoms with van der Waals surface area (Å²) in [6, 6.07) is 0.00151. The average Bonchev–Trinajstić information content (AvgIpc) is 2.69.